The summed E-state index contributed by atoms with van der Waals surface area (Å²) < 4.78 is 4.63. The Balaban J connectivity index is 2.22. The first kappa shape index (κ1) is 16.7. The van der Waals surface area contributed by atoms with E-state index in [4.69, 9.17) is 0 Å². The van der Waals surface area contributed by atoms with Crippen LogP contribution in [0, 0.1) is 5.41 Å². The number of benzene rings is 1. The van der Waals surface area contributed by atoms with Gasteiger partial charge in [-0.1, -0.05) is 20.8 Å². The van der Waals surface area contributed by atoms with Crippen LogP contribution in [0.15, 0.2) is 47.7 Å². The van der Waals surface area contributed by atoms with Crippen molar-refractivity contribution in [3.05, 3.63) is 53.3 Å². The van der Waals surface area contributed by atoms with E-state index in [2.05, 4.69) is 10.1 Å². The fourth-order valence-corrected chi connectivity index (χ4v) is 2.22. The molecule has 0 spiro atoms. The summed E-state index contributed by atoms with van der Waals surface area (Å²) in [7, 11) is 1.31. The van der Waals surface area contributed by atoms with Crippen molar-refractivity contribution >= 4 is 23.2 Å². The lowest BCUT2D eigenvalue weighted by Crippen LogP contribution is -2.27. The van der Waals surface area contributed by atoms with E-state index in [0.717, 1.165) is 0 Å². The van der Waals surface area contributed by atoms with Crippen LogP contribution in [0.3, 0.4) is 0 Å². The third-order valence-electron chi connectivity index (χ3n) is 3.46. The van der Waals surface area contributed by atoms with Gasteiger partial charge < -0.3 is 10.1 Å². The van der Waals surface area contributed by atoms with Crippen LogP contribution in [0.2, 0.25) is 0 Å². The van der Waals surface area contributed by atoms with E-state index in [1.54, 1.807) is 24.3 Å². The molecule has 5 heteroatoms. The van der Waals surface area contributed by atoms with Crippen LogP contribution in [0.1, 0.15) is 31.1 Å². The predicted octanol–water partition coefficient (Wildman–Crippen LogP) is 2.89. The molecule has 2 rings (SSSR count). The topological polar surface area (TPSA) is 72.5 Å². The summed E-state index contributed by atoms with van der Waals surface area (Å²) in [5.74, 6) is -0.852. The first-order valence-corrected chi connectivity index (χ1v) is 7.20. The van der Waals surface area contributed by atoms with E-state index in [0.29, 0.717) is 16.8 Å². The fourth-order valence-electron chi connectivity index (χ4n) is 2.22. The summed E-state index contributed by atoms with van der Waals surface area (Å²) in [6.45, 7) is 5.66. The standard InChI is InChI=1S/C18H19NO4/c1-18(2,3)14-9-13(20)10-15(16(14)21)19-12-7-5-11(6-8-12)17(22)23-4/h5-10,19H,1-4H3. The first-order chi connectivity index (χ1) is 10.7. The minimum Gasteiger partial charge on any atom is -0.465 e. The van der Waals surface area contributed by atoms with Gasteiger partial charge in [-0.3, -0.25) is 9.59 Å². The third-order valence-corrected chi connectivity index (χ3v) is 3.46. The van der Waals surface area contributed by atoms with Gasteiger partial charge in [0.05, 0.1) is 18.4 Å². The van der Waals surface area contributed by atoms with E-state index < -0.39 is 11.4 Å². The molecular formula is C18H19NO4. The Morgan fingerprint density at radius 3 is 2.17 bits per heavy atom. The predicted molar refractivity (Wildman–Crippen MR) is 87.0 cm³/mol. The van der Waals surface area contributed by atoms with Crippen LogP contribution in [0.5, 0.6) is 0 Å². The Bertz CT molecular complexity index is 718. The molecule has 1 N–H and O–H groups in total. The minimum atomic E-state index is -0.433. The van der Waals surface area contributed by atoms with Gasteiger partial charge >= 0.3 is 5.97 Å². The van der Waals surface area contributed by atoms with Crippen molar-refractivity contribution in [3.63, 3.8) is 0 Å². The SMILES string of the molecule is COC(=O)c1ccc(NC2=CC(=O)C=C(C(C)(C)C)C2=O)cc1. The largest absolute Gasteiger partial charge is 0.465 e. The monoisotopic (exact) mass is 313 g/mol. The highest BCUT2D eigenvalue weighted by Gasteiger charge is 2.30. The lowest BCUT2D eigenvalue weighted by Gasteiger charge is -2.25. The average Bonchev–Trinajstić information content (AvgIpc) is 2.49. The van der Waals surface area contributed by atoms with Gasteiger partial charge in [0, 0.05) is 17.3 Å². The summed E-state index contributed by atoms with van der Waals surface area (Å²) in [5.41, 5.74) is 1.31. The quantitative estimate of drug-likeness (QED) is 0.686. The Kier molecular flexibility index (Phi) is 4.50. The maximum absolute atomic E-state index is 12.5. The second-order valence-electron chi connectivity index (χ2n) is 6.29. The second-order valence-corrected chi connectivity index (χ2v) is 6.29. The molecule has 5 nitrogen and oxygen atoms in total. The molecule has 0 atom stereocenters. The van der Waals surface area contributed by atoms with Crippen molar-refractivity contribution in [1.29, 1.82) is 0 Å². The number of anilines is 1. The number of allylic oxidation sites excluding steroid dienone is 3. The van der Waals surface area contributed by atoms with Crippen LogP contribution >= 0.6 is 0 Å². The number of hydrogen-bond donors (Lipinski definition) is 1. The van der Waals surface area contributed by atoms with E-state index in [9.17, 15) is 14.4 Å². The Hall–Kier alpha value is -2.69. The normalized spacial score (nSPS) is 15.0. The number of carbonyl (C=O) groups excluding carboxylic acids is 3. The summed E-state index contributed by atoms with van der Waals surface area (Å²) in [4.78, 5) is 35.8. The molecule has 0 saturated carbocycles. The zero-order valence-corrected chi connectivity index (χ0v) is 13.6. The summed E-state index contributed by atoms with van der Waals surface area (Å²) in [6, 6.07) is 6.48. The maximum Gasteiger partial charge on any atom is 0.337 e. The fraction of sp³-hybridized carbons (Fsp3) is 0.278. The number of rotatable bonds is 3. The lowest BCUT2D eigenvalue weighted by atomic mass is 9.80. The Morgan fingerprint density at radius 2 is 1.65 bits per heavy atom. The number of carbonyl (C=O) groups is 3. The molecule has 1 aromatic carbocycles. The molecule has 23 heavy (non-hydrogen) atoms. The highest BCUT2D eigenvalue weighted by Crippen LogP contribution is 2.30. The van der Waals surface area contributed by atoms with Crippen molar-refractivity contribution in [1.82, 2.24) is 0 Å². The van der Waals surface area contributed by atoms with Gasteiger partial charge in [-0.15, -0.1) is 0 Å². The van der Waals surface area contributed by atoms with Gasteiger partial charge in [-0.2, -0.15) is 0 Å². The number of hydrogen-bond acceptors (Lipinski definition) is 5. The van der Waals surface area contributed by atoms with Gasteiger partial charge in [0.1, 0.15) is 0 Å². The maximum atomic E-state index is 12.5. The van der Waals surface area contributed by atoms with Gasteiger partial charge in [-0.25, -0.2) is 4.79 Å². The summed E-state index contributed by atoms with van der Waals surface area (Å²) in [6.07, 6.45) is 2.67. The second kappa shape index (κ2) is 6.20. The van der Waals surface area contributed by atoms with Crippen molar-refractivity contribution < 1.29 is 19.1 Å². The molecule has 1 aromatic rings. The van der Waals surface area contributed by atoms with Crippen molar-refractivity contribution in [2.24, 2.45) is 5.41 Å². The first-order valence-electron chi connectivity index (χ1n) is 7.20. The van der Waals surface area contributed by atoms with Gasteiger partial charge in [0.25, 0.3) is 0 Å². The molecule has 0 saturated heterocycles. The zero-order valence-electron chi connectivity index (χ0n) is 13.6. The zero-order chi connectivity index (χ0) is 17.2. The summed E-state index contributed by atoms with van der Waals surface area (Å²) in [5, 5.41) is 2.95. The molecule has 0 fully saturated rings. The smallest absolute Gasteiger partial charge is 0.337 e. The van der Waals surface area contributed by atoms with Crippen LogP contribution in [-0.2, 0) is 14.3 Å². The highest BCUT2D eigenvalue weighted by molar-refractivity contribution is 6.21. The molecular weight excluding hydrogens is 294 g/mol. The average molecular weight is 313 g/mol. The Morgan fingerprint density at radius 1 is 1.04 bits per heavy atom. The van der Waals surface area contributed by atoms with Crippen LogP contribution in [0.4, 0.5) is 5.69 Å². The molecule has 0 radical (unpaired) electrons. The van der Waals surface area contributed by atoms with Crippen LogP contribution in [0.25, 0.3) is 0 Å². The molecule has 0 unspecified atom stereocenters. The number of Topliss-reactive ketones (excluding diaryl/α,β-unsaturated/α-hetero) is 1. The van der Waals surface area contributed by atoms with Crippen molar-refractivity contribution in [2.75, 3.05) is 12.4 Å². The molecule has 1 aliphatic carbocycles. The molecule has 1 aliphatic rings. The number of ether oxygens (including phenoxy) is 1. The van der Waals surface area contributed by atoms with Gasteiger partial charge in [-0.05, 0) is 35.8 Å². The number of ketones is 2. The highest BCUT2D eigenvalue weighted by atomic mass is 16.5. The molecule has 0 heterocycles. The van der Waals surface area contributed by atoms with Crippen LogP contribution in [-0.4, -0.2) is 24.6 Å². The van der Waals surface area contributed by atoms with Gasteiger partial charge in [0.2, 0.25) is 5.78 Å². The molecule has 0 bridgehead atoms. The van der Waals surface area contributed by atoms with Crippen molar-refractivity contribution in [2.45, 2.75) is 20.8 Å². The van der Waals surface area contributed by atoms with E-state index in [-0.39, 0.29) is 17.3 Å². The number of nitrogens with one attached hydrogen (secondary N) is 1. The number of methoxy groups -OCH3 is 1. The van der Waals surface area contributed by atoms with Gasteiger partial charge in [0.15, 0.2) is 5.78 Å². The molecule has 0 amide bonds. The molecule has 0 aliphatic heterocycles. The minimum absolute atomic E-state index is 0.200. The summed E-state index contributed by atoms with van der Waals surface area (Å²) >= 11 is 0. The molecule has 0 aromatic heterocycles. The van der Waals surface area contributed by atoms with Crippen molar-refractivity contribution in [3.8, 4) is 0 Å². The van der Waals surface area contributed by atoms with E-state index in [1.165, 1.54) is 19.3 Å². The Labute approximate surface area is 135 Å². The van der Waals surface area contributed by atoms with Crippen LogP contribution < -0.4 is 5.32 Å². The lowest BCUT2D eigenvalue weighted by molar-refractivity contribution is -0.115. The molecule has 120 valence electrons. The third kappa shape index (κ3) is 3.74. The number of esters is 1. The van der Waals surface area contributed by atoms with E-state index >= 15 is 0 Å². The van der Waals surface area contributed by atoms with E-state index in [1.807, 2.05) is 20.8 Å².